The van der Waals surface area contributed by atoms with E-state index in [1.54, 1.807) is 6.07 Å². The van der Waals surface area contributed by atoms with Crippen LogP contribution in [0.4, 0.5) is 0 Å². The number of carbonyl (C=O) groups is 1. The Hall–Kier alpha value is -1.14. The summed E-state index contributed by atoms with van der Waals surface area (Å²) in [5, 5.41) is 8.93. The molecule has 6 heteroatoms. The number of piperidine rings is 1. The molecule has 0 bridgehead atoms. The van der Waals surface area contributed by atoms with Gasteiger partial charge in [0.05, 0.1) is 5.75 Å². The maximum atomic E-state index is 12.1. The van der Waals surface area contributed by atoms with Crippen molar-refractivity contribution in [2.24, 2.45) is 0 Å². The van der Waals surface area contributed by atoms with E-state index in [1.807, 2.05) is 0 Å². The number of furan rings is 1. The van der Waals surface area contributed by atoms with Gasteiger partial charge in [-0.25, -0.2) is 4.79 Å². The fourth-order valence-electron chi connectivity index (χ4n) is 2.08. The number of hydrogen-bond acceptors (Lipinski definition) is 4. The summed E-state index contributed by atoms with van der Waals surface area (Å²) >= 11 is 0. The Morgan fingerprint density at radius 3 is 2.72 bits per heavy atom. The largest absolute Gasteiger partial charge is 0.475 e. The van der Waals surface area contributed by atoms with E-state index in [-0.39, 0.29) is 11.0 Å². The van der Waals surface area contributed by atoms with E-state index in [4.69, 9.17) is 9.52 Å². The first-order valence-electron chi connectivity index (χ1n) is 5.94. The van der Waals surface area contributed by atoms with Crippen molar-refractivity contribution in [3.05, 3.63) is 23.7 Å². The van der Waals surface area contributed by atoms with Crippen LogP contribution in [0.15, 0.2) is 16.5 Å². The minimum absolute atomic E-state index is 0.0922. The maximum absolute atomic E-state index is 12.1. The molecule has 1 aliphatic rings. The Morgan fingerprint density at radius 2 is 2.17 bits per heavy atom. The highest BCUT2D eigenvalue weighted by Gasteiger charge is 2.23. The molecular weight excluding hydrogens is 254 g/mol. The summed E-state index contributed by atoms with van der Waals surface area (Å²) in [5.41, 5.74) is 0. The third kappa shape index (κ3) is 3.20. The Morgan fingerprint density at radius 1 is 1.50 bits per heavy atom. The van der Waals surface area contributed by atoms with Crippen molar-refractivity contribution in [3.63, 3.8) is 0 Å². The number of carboxylic acid groups (broad SMARTS) is 1. The van der Waals surface area contributed by atoms with Crippen LogP contribution in [-0.2, 0) is 16.6 Å². The van der Waals surface area contributed by atoms with Crippen molar-refractivity contribution < 1.29 is 18.5 Å². The molecular formula is C12H17NO4S. The van der Waals surface area contributed by atoms with Gasteiger partial charge >= 0.3 is 5.97 Å². The normalized spacial score (nSPS) is 19.8. The van der Waals surface area contributed by atoms with E-state index in [1.165, 1.54) is 6.07 Å². The first kappa shape index (κ1) is 13.3. The fraction of sp³-hybridized carbons (Fsp3) is 0.583. The molecule has 5 nitrogen and oxygen atoms in total. The van der Waals surface area contributed by atoms with Gasteiger partial charge in [0.15, 0.2) is 0 Å². The number of likely N-dealkylation sites (tertiary alicyclic amines) is 1. The zero-order valence-corrected chi connectivity index (χ0v) is 11.1. The van der Waals surface area contributed by atoms with Gasteiger partial charge in [-0.3, -0.25) is 4.21 Å². The molecule has 1 aliphatic heterocycles. The van der Waals surface area contributed by atoms with E-state index < -0.39 is 16.8 Å². The molecule has 1 unspecified atom stereocenters. The SMILES string of the molecule is CN1CCC(S(=O)Cc2ccc(C(=O)O)o2)CC1. The molecule has 1 aromatic heterocycles. The summed E-state index contributed by atoms with van der Waals surface area (Å²) in [6.07, 6.45) is 1.85. The highest BCUT2D eigenvalue weighted by atomic mass is 32.2. The Balaban J connectivity index is 1.92. The minimum atomic E-state index is -1.09. The number of carboxylic acids is 1. The van der Waals surface area contributed by atoms with Crippen molar-refractivity contribution in [3.8, 4) is 0 Å². The van der Waals surface area contributed by atoms with Crippen molar-refractivity contribution in [2.45, 2.75) is 23.8 Å². The zero-order valence-electron chi connectivity index (χ0n) is 10.3. The van der Waals surface area contributed by atoms with Gasteiger partial charge in [-0.2, -0.15) is 0 Å². The number of aromatic carboxylic acids is 1. The van der Waals surface area contributed by atoms with Crippen molar-refractivity contribution >= 4 is 16.8 Å². The fourth-order valence-corrected chi connectivity index (χ4v) is 3.48. The lowest BCUT2D eigenvalue weighted by atomic mass is 10.1. The monoisotopic (exact) mass is 271 g/mol. The second-order valence-corrected chi connectivity index (χ2v) is 6.32. The predicted octanol–water partition coefficient (Wildman–Crippen LogP) is 1.32. The van der Waals surface area contributed by atoms with E-state index in [0.29, 0.717) is 11.5 Å². The van der Waals surface area contributed by atoms with E-state index in [0.717, 1.165) is 25.9 Å². The smallest absolute Gasteiger partial charge is 0.371 e. The lowest BCUT2D eigenvalue weighted by Gasteiger charge is -2.28. The highest BCUT2D eigenvalue weighted by Crippen LogP contribution is 2.18. The molecule has 0 saturated carbocycles. The Labute approximate surface area is 108 Å². The van der Waals surface area contributed by atoms with Crippen LogP contribution in [0.2, 0.25) is 0 Å². The average molecular weight is 271 g/mol. The summed E-state index contributed by atoms with van der Waals surface area (Å²) in [4.78, 5) is 12.9. The molecule has 0 aliphatic carbocycles. The summed E-state index contributed by atoms with van der Waals surface area (Å²) in [7, 11) is 1.07. The van der Waals surface area contributed by atoms with Crippen LogP contribution in [0, 0.1) is 0 Å². The van der Waals surface area contributed by atoms with Gasteiger partial charge in [0.2, 0.25) is 5.76 Å². The molecule has 2 heterocycles. The lowest BCUT2D eigenvalue weighted by molar-refractivity contribution is 0.0661. The topological polar surface area (TPSA) is 70.8 Å². The third-order valence-electron chi connectivity index (χ3n) is 3.19. The molecule has 0 amide bonds. The molecule has 1 aromatic rings. The maximum Gasteiger partial charge on any atom is 0.371 e. The van der Waals surface area contributed by atoms with Gasteiger partial charge < -0.3 is 14.4 Å². The summed E-state index contributed by atoms with van der Waals surface area (Å²) in [6, 6.07) is 3.00. The number of nitrogens with zero attached hydrogens (tertiary/aromatic N) is 1. The van der Waals surface area contributed by atoms with Crippen LogP contribution in [0.25, 0.3) is 0 Å². The second kappa shape index (κ2) is 5.67. The van der Waals surface area contributed by atoms with E-state index >= 15 is 0 Å². The molecule has 1 fully saturated rings. The third-order valence-corrected chi connectivity index (χ3v) is 4.98. The highest BCUT2D eigenvalue weighted by molar-refractivity contribution is 7.84. The summed E-state index contributed by atoms with van der Waals surface area (Å²) in [6.45, 7) is 1.93. The van der Waals surface area contributed by atoms with Crippen molar-refractivity contribution in [1.29, 1.82) is 0 Å². The van der Waals surface area contributed by atoms with Gasteiger partial charge in [0.1, 0.15) is 5.76 Å². The molecule has 0 radical (unpaired) electrons. The van der Waals surface area contributed by atoms with Gasteiger partial charge in [0, 0.05) is 16.0 Å². The Bertz CT molecular complexity index is 449. The van der Waals surface area contributed by atoms with Crippen molar-refractivity contribution in [2.75, 3.05) is 20.1 Å². The van der Waals surface area contributed by atoms with E-state index in [9.17, 15) is 9.00 Å². The van der Waals surface area contributed by atoms with Crippen LogP contribution >= 0.6 is 0 Å². The van der Waals surface area contributed by atoms with Crippen LogP contribution < -0.4 is 0 Å². The van der Waals surface area contributed by atoms with Gasteiger partial charge in [0.25, 0.3) is 0 Å². The van der Waals surface area contributed by atoms with Crippen LogP contribution in [-0.4, -0.2) is 45.6 Å². The van der Waals surface area contributed by atoms with Crippen LogP contribution in [0.3, 0.4) is 0 Å². The Kier molecular flexibility index (Phi) is 4.19. The molecule has 18 heavy (non-hydrogen) atoms. The summed E-state index contributed by atoms with van der Waals surface area (Å²) in [5.74, 6) is -0.386. The molecule has 1 atom stereocenters. The number of rotatable bonds is 4. The summed E-state index contributed by atoms with van der Waals surface area (Å²) < 4.78 is 17.3. The van der Waals surface area contributed by atoms with E-state index in [2.05, 4.69) is 11.9 Å². The molecule has 2 rings (SSSR count). The quantitative estimate of drug-likeness (QED) is 0.894. The zero-order chi connectivity index (χ0) is 13.1. The van der Waals surface area contributed by atoms with Gasteiger partial charge in [-0.1, -0.05) is 0 Å². The number of hydrogen-bond donors (Lipinski definition) is 1. The van der Waals surface area contributed by atoms with Crippen molar-refractivity contribution in [1.82, 2.24) is 4.90 Å². The first-order chi connectivity index (χ1) is 8.56. The first-order valence-corrected chi connectivity index (χ1v) is 7.32. The molecule has 1 saturated heterocycles. The standard InChI is InChI=1S/C12H17NO4S/c1-13-6-4-10(5-7-13)18(16)8-9-2-3-11(17-9)12(14)15/h2-3,10H,4-8H2,1H3,(H,14,15). The molecule has 100 valence electrons. The molecule has 0 spiro atoms. The predicted molar refractivity (Wildman–Crippen MR) is 68.0 cm³/mol. The molecule has 1 N–H and O–H groups in total. The van der Waals surface area contributed by atoms with Crippen LogP contribution in [0.1, 0.15) is 29.2 Å². The van der Waals surface area contributed by atoms with Gasteiger partial charge in [-0.05, 0) is 45.1 Å². The second-order valence-electron chi connectivity index (χ2n) is 4.60. The average Bonchev–Trinajstić information content (AvgIpc) is 2.78. The molecule has 0 aromatic carbocycles. The minimum Gasteiger partial charge on any atom is -0.475 e. The lowest BCUT2D eigenvalue weighted by Crippen LogP contribution is -2.35. The van der Waals surface area contributed by atoms with Crippen LogP contribution in [0.5, 0.6) is 0 Å². The van der Waals surface area contributed by atoms with Gasteiger partial charge in [-0.15, -0.1) is 0 Å².